The van der Waals surface area contributed by atoms with E-state index in [1.807, 2.05) is 6.92 Å². The predicted molar refractivity (Wildman–Crippen MR) is 66.0 cm³/mol. The second-order valence-corrected chi connectivity index (χ2v) is 4.99. The highest BCUT2D eigenvalue weighted by Crippen LogP contribution is 2.25. The molecule has 1 rings (SSSR count). The van der Waals surface area contributed by atoms with E-state index in [1.165, 1.54) is 45.3 Å². The number of ether oxygens (including phenoxy) is 2. The molecule has 0 saturated carbocycles. The summed E-state index contributed by atoms with van der Waals surface area (Å²) < 4.78 is 12.3. The maximum absolute atomic E-state index is 5.94. The zero-order valence-corrected chi connectivity index (χ0v) is 11.4. The summed E-state index contributed by atoms with van der Waals surface area (Å²) in [7, 11) is 1.71. The van der Waals surface area contributed by atoms with Crippen LogP contribution in [0.1, 0.15) is 46.5 Å². The quantitative estimate of drug-likeness (QED) is 0.516. The molecule has 1 fully saturated rings. The molecule has 3 heteroatoms. The Morgan fingerprint density at radius 2 is 1.75 bits per heavy atom. The van der Waals surface area contributed by atoms with Gasteiger partial charge in [0.1, 0.15) is 0 Å². The van der Waals surface area contributed by atoms with Crippen LogP contribution in [0.2, 0.25) is 0 Å². The molecule has 1 saturated heterocycles. The van der Waals surface area contributed by atoms with Gasteiger partial charge in [-0.2, -0.15) is 0 Å². The molecule has 16 heavy (non-hydrogen) atoms. The minimum atomic E-state index is -0.0937. The van der Waals surface area contributed by atoms with Gasteiger partial charge in [0, 0.05) is 14.0 Å². The summed E-state index contributed by atoms with van der Waals surface area (Å²) in [4.78, 5) is 0. The minimum Gasteiger partial charge on any atom is -0.356 e. The SMILES string of the molecule is CCC[N+]1(C(C)OC(C)OC)CCCCC1. The van der Waals surface area contributed by atoms with Gasteiger partial charge < -0.3 is 9.47 Å². The van der Waals surface area contributed by atoms with E-state index in [1.54, 1.807) is 7.11 Å². The monoisotopic (exact) mass is 230 g/mol. The second-order valence-electron chi connectivity index (χ2n) is 4.99. The summed E-state index contributed by atoms with van der Waals surface area (Å²) in [6, 6.07) is 0. The Morgan fingerprint density at radius 1 is 1.12 bits per heavy atom. The van der Waals surface area contributed by atoms with Crippen molar-refractivity contribution < 1.29 is 14.0 Å². The highest BCUT2D eigenvalue weighted by molar-refractivity contribution is 4.56. The molecule has 0 N–H and O–H groups in total. The summed E-state index contributed by atoms with van der Waals surface area (Å²) in [6.07, 6.45) is 5.47. The topological polar surface area (TPSA) is 18.5 Å². The third-order valence-corrected chi connectivity index (χ3v) is 3.87. The van der Waals surface area contributed by atoms with Gasteiger partial charge in [-0.25, -0.2) is 0 Å². The van der Waals surface area contributed by atoms with Crippen molar-refractivity contribution in [1.82, 2.24) is 0 Å². The first-order valence-corrected chi connectivity index (χ1v) is 6.68. The first kappa shape index (κ1) is 13.9. The number of nitrogens with zero attached hydrogens (tertiary/aromatic N) is 1. The van der Waals surface area contributed by atoms with E-state index in [0.717, 1.165) is 4.48 Å². The molecule has 0 aliphatic carbocycles. The largest absolute Gasteiger partial charge is 0.356 e. The molecule has 0 spiro atoms. The third kappa shape index (κ3) is 3.44. The van der Waals surface area contributed by atoms with Gasteiger partial charge in [0.2, 0.25) is 0 Å². The molecule has 1 aliphatic heterocycles. The van der Waals surface area contributed by atoms with Gasteiger partial charge in [0.25, 0.3) is 0 Å². The number of hydrogen-bond acceptors (Lipinski definition) is 2. The second kappa shape index (κ2) is 6.58. The highest BCUT2D eigenvalue weighted by Gasteiger charge is 2.36. The molecule has 0 amide bonds. The summed E-state index contributed by atoms with van der Waals surface area (Å²) in [5.74, 6) is 0. The summed E-state index contributed by atoms with van der Waals surface area (Å²) in [5.41, 5.74) is 0. The van der Waals surface area contributed by atoms with Crippen molar-refractivity contribution in [2.45, 2.75) is 59.0 Å². The standard InChI is InChI=1S/C13H28NO2/c1-5-9-14(10-7-6-8-11-14)12(2)16-13(3)15-4/h12-13H,5-11H2,1-4H3/q+1. The van der Waals surface area contributed by atoms with Crippen LogP contribution in [0.3, 0.4) is 0 Å². The van der Waals surface area contributed by atoms with E-state index in [4.69, 9.17) is 9.47 Å². The molecule has 1 aliphatic rings. The van der Waals surface area contributed by atoms with Gasteiger partial charge >= 0.3 is 0 Å². The van der Waals surface area contributed by atoms with E-state index in [-0.39, 0.29) is 12.5 Å². The fourth-order valence-electron chi connectivity index (χ4n) is 2.82. The van der Waals surface area contributed by atoms with Crippen LogP contribution in [0.25, 0.3) is 0 Å². The number of methoxy groups -OCH3 is 1. The fourth-order valence-corrected chi connectivity index (χ4v) is 2.82. The average Bonchev–Trinajstić information content (AvgIpc) is 2.30. The first-order chi connectivity index (χ1) is 7.64. The lowest BCUT2D eigenvalue weighted by Crippen LogP contribution is -2.59. The first-order valence-electron chi connectivity index (χ1n) is 6.68. The fraction of sp³-hybridized carbons (Fsp3) is 1.00. The maximum atomic E-state index is 5.94. The lowest BCUT2D eigenvalue weighted by Gasteiger charge is -2.45. The van der Waals surface area contributed by atoms with Crippen LogP contribution in [-0.4, -0.2) is 43.7 Å². The average molecular weight is 230 g/mol. The highest BCUT2D eigenvalue weighted by atomic mass is 16.7. The molecule has 2 unspecified atom stereocenters. The summed E-state index contributed by atoms with van der Waals surface area (Å²) in [6.45, 7) is 10.2. The molecule has 0 radical (unpaired) electrons. The Bertz CT molecular complexity index is 185. The van der Waals surface area contributed by atoms with Crippen LogP contribution in [0, 0.1) is 0 Å². The number of quaternary nitrogens is 1. The van der Waals surface area contributed by atoms with Crippen LogP contribution in [0.5, 0.6) is 0 Å². The maximum Gasteiger partial charge on any atom is 0.193 e. The number of hydrogen-bond donors (Lipinski definition) is 0. The predicted octanol–water partition coefficient (Wildman–Crippen LogP) is 2.75. The van der Waals surface area contributed by atoms with E-state index in [2.05, 4.69) is 13.8 Å². The molecule has 0 aromatic carbocycles. The summed E-state index contributed by atoms with van der Waals surface area (Å²) >= 11 is 0. The van der Waals surface area contributed by atoms with Gasteiger partial charge in [-0.1, -0.05) is 6.92 Å². The van der Waals surface area contributed by atoms with Crippen molar-refractivity contribution >= 4 is 0 Å². The van der Waals surface area contributed by atoms with Crippen molar-refractivity contribution in [1.29, 1.82) is 0 Å². The van der Waals surface area contributed by atoms with Crippen molar-refractivity contribution in [2.24, 2.45) is 0 Å². The van der Waals surface area contributed by atoms with Crippen LogP contribution in [0.4, 0.5) is 0 Å². The Morgan fingerprint density at radius 3 is 2.25 bits per heavy atom. The Kier molecular flexibility index (Phi) is 5.73. The number of piperidine rings is 1. The molecular formula is C13H28NO2+. The van der Waals surface area contributed by atoms with Crippen molar-refractivity contribution in [3.05, 3.63) is 0 Å². The zero-order valence-electron chi connectivity index (χ0n) is 11.4. The Balaban J connectivity index is 2.59. The molecule has 1 heterocycles. The van der Waals surface area contributed by atoms with E-state index < -0.39 is 0 Å². The molecule has 3 nitrogen and oxygen atoms in total. The molecule has 0 aromatic rings. The molecular weight excluding hydrogens is 202 g/mol. The Labute approximate surface area is 100 Å². The molecule has 2 atom stereocenters. The van der Waals surface area contributed by atoms with Gasteiger partial charge in [-0.15, -0.1) is 0 Å². The van der Waals surface area contributed by atoms with Crippen molar-refractivity contribution in [2.75, 3.05) is 26.7 Å². The zero-order chi connectivity index (χ0) is 12.0. The van der Waals surface area contributed by atoms with Crippen LogP contribution < -0.4 is 0 Å². The molecule has 0 bridgehead atoms. The van der Waals surface area contributed by atoms with Crippen molar-refractivity contribution in [3.8, 4) is 0 Å². The smallest absolute Gasteiger partial charge is 0.193 e. The van der Waals surface area contributed by atoms with Crippen LogP contribution >= 0.6 is 0 Å². The lowest BCUT2D eigenvalue weighted by atomic mass is 10.1. The van der Waals surface area contributed by atoms with Gasteiger partial charge in [-0.3, -0.25) is 4.48 Å². The van der Waals surface area contributed by atoms with E-state index >= 15 is 0 Å². The van der Waals surface area contributed by atoms with Gasteiger partial charge in [0.15, 0.2) is 12.5 Å². The van der Waals surface area contributed by atoms with Crippen LogP contribution in [-0.2, 0) is 9.47 Å². The summed E-state index contributed by atoms with van der Waals surface area (Å²) in [5, 5.41) is 0. The van der Waals surface area contributed by atoms with E-state index in [0.29, 0.717) is 0 Å². The number of likely N-dealkylation sites (tertiary alicyclic amines) is 1. The molecule has 0 aromatic heterocycles. The lowest BCUT2D eigenvalue weighted by molar-refractivity contribution is -0.975. The Hall–Kier alpha value is -0.120. The minimum absolute atomic E-state index is 0.0937. The van der Waals surface area contributed by atoms with Gasteiger partial charge in [-0.05, 0) is 32.6 Å². The normalized spacial score (nSPS) is 24.0. The van der Waals surface area contributed by atoms with Crippen molar-refractivity contribution in [3.63, 3.8) is 0 Å². The number of rotatable bonds is 6. The van der Waals surface area contributed by atoms with E-state index in [9.17, 15) is 0 Å². The van der Waals surface area contributed by atoms with Gasteiger partial charge in [0.05, 0.1) is 19.6 Å². The van der Waals surface area contributed by atoms with Crippen LogP contribution in [0.15, 0.2) is 0 Å². The third-order valence-electron chi connectivity index (χ3n) is 3.87. The molecule has 96 valence electrons.